The van der Waals surface area contributed by atoms with Crippen molar-refractivity contribution in [3.8, 4) is 0 Å². The smallest absolute Gasteiger partial charge is 0.341 e. The number of nitrogens with zero attached hydrogens (tertiary/aromatic N) is 2. The normalized spacial score (nSPS) is 12.5. The molecular formula is C23H19ClN2O3. The van der Waals surface area contributed by atoms with Crippen molar-refractivity contribution in [1.29, 1.82) is 0 Å². The Kier molecular flexibility index (Phi) is 5.58. The molecule has 0 spiro atoms. The van der Waals surface area contributed by atoms with Crippen molar-refractivity contribution in [3.63, 3.8) is 0 Å². The predicted octanol–water partition coefficient (Wildman–Crippen LogP) is 4.75. The molecule has 4 rings (SSSR count). The number of fused-ring (bicyclic) bond motifs is 2. The number of pyridine rings is 1. The lowest BCUT2D eigenvalue weighted by molar-refractivity contribution is -0.118. The van der Waals surface area contributed by atoms with Gasteiger partial charge >= 0.3 is 5.97 Å². The molecule has 2 aromatic carbocycles. The van der Waals surface area contributed by atoms with Gasteiger partial charge in [0, 0.05) is 6.20 Å². The zero-order valence-electron chi connectivity index (χ0n) is 15.7. The van der Waals surface area contributed by atoms with Gasteiger partial charge in [-0.25, -0.2) is 9.78 Å². The van der Waals surface area contributed by atoms with Gasteiger partial charge in [-0.3, -0.25) is 9.69 Å². The summed E-state index contributed by atoms with van der Waals surface area (Å²) in [7, 11) is 0. The summed E-state index contributed by atoms with van der Waals surface area (Å²) in [4.78, 5) is 31.0. The Morgan fingerprint density at radius 1 is 0.931 bits per heavy atom. The molecule has 0 bridgehead atoms. The molecule has 6 heteroatoms. The van der Waals surface area contributed by atoms with Crippen LogP contribution in [0.25, 0.3) is 0 Å². The van der Waals surface area contributed by atoms with Crippen LogP contribution in [0.1, 0.15) is 27.9 Å². The fraction of sp³-hybridized carbons (Fsp3) is 0.174. The first-order valence-electron chi connectivity index (χ1n) is 9.41. The van der Waals surface area contributed by atoms with Crippen molar-refractivity contribution in [2.45, 2.75) is 19.3 Å². The van der Waals surface area contributed by atoms with E-state index in [9.17, 15) is 9.59 Å². The standard InChI is InChI=1S/C23H19ClN2O3/c24-22-18(8-5-14-25-22)23(28)29-15-13-21(27)26-19-9-3-1-6-16(19)11-12-17-7-2-4-10-20(17)26/h1-10,14H,11-13,15H2. The molecule has 1 aromatic heterocycles. The van der Waals surface area contributed by atoms with E-state index in [0.29, 0.717) is 0 Å². The van der Waals surface area contributed by atoms with Crippen LogP contribution in [-0.2, 0) is 22.4 Å². The quantitative estimate of drug-likeness (QED) is 0.463. The molecule has 2 heterocycles. The van der Waals surface area contributed by atoms with Crippen LogP contribution in [-0.4, -0.2) is 23.5 Å². The van der Waals surface area contributed by atoms with Crippen molar-refractivity contribution in [2.24, 2.45) is 0 Å². The van der Waals surface area contributed by atoms with Gasteiger partial charge in [-0.1, -0.05) is 48.0 Å². The Morgan fingerprint density at radius 2 is 1.55 bits per heavy atom. The van der Waals surface area contributed by atoms with Gasteiger partial charge in [0.25, 0.3) is 0 Å². The van der Waals surface area contributed by atoms with Crippen molar-refractivity contribution < 1.29 is 14.3 Å². The minimum absolute atomic E-state index is 0.0380. The van der Waals surface area contributed by atoms with Gasteiger partial charge in [-0.2, -0.15) is 0 Å². The monoisotopic (exact) mass is 406 g/mol. The number of carbonyl (C=O) groups excluding carboxylic acids is 2. The first kappa shape index (κ1) is 19.2. The van der Waals surface area contributed by atoms with Crippen molar-refractivity contribution in [1.82, 2.24) is 4.98 Å². The number of carbonyl (C=O) groups is 2. The molecule has 146 valence electrons. The first-order valence-corrected chi connectivity index (χ1v) is 9.79. The molecule has 29 heavy (non-hydrogen) atoms. The summed E-state index contributed by atoms with van der Waals surface area (Å²) in [5, 5.41) is 0.0826. The second-order valence-corrected chi connectivity index (χ2v) is 7.07. The number of ether oxygens (including phenoxy) is 1. The third-order valence-corrected chi connectivity index (χ3v) is 5.21. The zero-order valence-corrected chi connectivity index (χ0v) is 16.4. The maximum atomic E-state index is 13.2. The highest BCUT2D eigenvalue weighted by Crippen LogP contribution is 2.36. The highest BCUT2D eigenvalue weighted by Gasteiger charge is 2.25. The number of benzene rings is 2. The van der Waals surface area contributed by atoms with Gasteiger partial charge < -0.3 is 4.74 Å². The van der Waals surface area contributed by atoms with Crippen molar-refractivity contribution in [2.75, 3.05) is 11.5 Å². The van der Waals surface area contributed by atoms with Crippen LogP contribution in [0.3, 0.4) is 0 Å². The second kappa shape index (κ2) is 8.45. The van der Waals surface area contributed by atoms with E-state index in [4.69, 9.17) is 16.3 Å². The fourth-order valence-electron chi connectivity index (χ4n) is 3.51. The Hall–Kier alpha value is -3.18. The summed E-state index contributed by atoms with van der Waals surface area (Å²) >= 11 is 5.93. The number of esters is 1. The van der Waals surface area contributed by atoms with E-state index < -0.39 is 5.97 Å². The van der Waals surface area contributed by atoms with E-state index in [1.807, 2.05) is 48.5 Å². The van der Waals surface area contributed by atoms with Crippen LogP contribution in [0.5, 0.6) is 0 Å². The lowest BCUT2D eigenvalue weighted by Crippen LogP contribution is -2.28. The van der Waals surface area contributed by atoms with Crippen LogP contribution in [0.15, 0.2) is 66.9 Å². The number of rotatable bonds is 4. The molecule has 1 amide bonds. The fourth-order valence-corrected chi connectivity index (χ4v) is 3.70. The SMILES string of the molecule is O=C(OCCC(=O)N1c2ccccc2CCc2ccccc21)c1cccnc1Cl. The molecule has 0 saturated carbocycles. The largest absolute Gasteiger partial charge is 0.461 e. The molecule has 0 aliphatic carbocycles. The summed E-state index contributed by atoms with van der Waals surface area (Å²) in [6, 6.07) is 19.0. The maximum Gasteiger partial charge on any atom is 0.341 e. The number of aryl methyl sites for hydroxylation is 2. The molecule has 0 unspecified atom stereocenters. The molecular weight excluding hydrogens is 388 g/mol. The lowest BCUT2D eigenvalue weighted by Gasteiger charge is -2.25. The first-order chi connectivity index (χ1) is 14.1. The summed E-state index contributed by atoms with van der Waals surface area (Å²) < 4.78 is 5.27. The van der Waals surface area contributed by atoms with Gasteiger partial charge in [0.2, 0.25) is 5.91 Å². The van der Waals surface area contributed by atoms with E-state index in [2.05, 4.69) is 4.98 Å². The number of aromatic nitrogens is 1. The zero-order chi connectivity index (χ0) is 20.2. The minimum Gasteiger partial charge on any atom is -0.461 e. The predicted molar refractivity (Wildman–Crippen MR) is 112 cm³/mol. The maximum absolute atomic E-state index is 13.2. The second-order valence-electron chi connectivity index (χ2n) is 6.71. The number of anilines is 2. The van der Waals surface area contributed by atoms with E-state index in [0.717, 1.165) is 35.3 Å². The highest BCUT2D eigenvalue weighted by molar-refractivity contribution is 6.32. The number of amides is 1. The topological polar surface area (TPSA) is 59.5 Å². The molecule has 0 fully saturated rings. The third kappa shape index (κ3) is 4.00. The Bertz CT molecular complexity index is 1020. The van der Waals surface area contributed by atoms with Crippen molar-refractivity contribution in [3.05, 3.63) is 88.7 Å². The van der Waals surface area contributed by atoms with E-state index in [1.54, 1.807) is 17.0 Å². The minimum atomic E-state index is -0.590. The highest BCUT2D eigenvalue weighted by atomic mass is 35.5. The van der Waals surface area contributed by atoms with Crippen LogP contribution in [0.2, 0.25) is 5.15 Å². The van der Waals surface area contributed by atoms with Crippen LogP contribution >= 0.6 is 11.6 Å². The van der Waals surface area contributed by atoms with Gasteiger partial charge in [-0.15, -0.1) is 0 Å². The molecule has 0 N–H and O–H groups in total. The van der Waals surface area contributed by atoms with Crippen LogP contribution < -0.4 is 4.90 Å². The van der Waals surface area contributed by atoms with Gasteiger partial charge in [0.05, 0.1) is 23.4 Å². The third-order valence-electron chi connectivity index (χ3n) is 4.91. The lowest BCUT2D eigenvalue weighted by atomic mass is 10.0. The van der Waals surface area contributed by atoms with E-state index in [-0.39, 0.29) is 29.7 Å². The number of hydrogen-bond acceptors (Lipinski definition) is 4. The Morgan fingerprint density at radius 3 is 2.17 bits per heavy atom. The molecule has 5 nitrogen and oxygen atoms in total. The van der Waals surface area contributed by atoms with Crippen molar-refractivity contribution >= 4 is 34.9 Å². The average Bonchev–Trinajstić information content (AvgIpc) is 2.91. The number of hydrogen-bond donors (Lipinski definition) is 0. The number of halogens is 1. The average molecular weight is 407 g/mol. The van der Waals surface area contributed by atoms with Crippen LogP contribution in [0, 0.1) is 0 Å². The molecule has 1 aliphatic rings. The molecule has 0 atom stereocenters. The molecule has 0 saturated heterocycles. The summed E-state index contributed by atoms with van der Waals surface area (Å²) in [5.41, 5.74) is 4.19. The molecule has 1 aliphatic heterocycles. The van der Waals surface area contributed by atoms with E-state index in [1.165, 1.54) is 6.20 Å². The number of para-hydroxylation sites is 2. The van der Waals surface area contributed by atoms with Crippen LogP contribution in [0.4, 0.5) is 11.4 Å². The summed E-state index contributed by atoms with van der Waals surface area (Å²) in [6.45, 7) is -0.0380. The van der Waals surface area contributed by atoms with Gasteiger partial charge in [0.1, 0.15) is 11.8 Å². The summed E-state index contributed by atoms with van der Waals surface area (Å²) in [6.07, 6.45) is 3.29. The summed E-state index contributed by atoms with van der Waals surface area (Å²) in [5.74, 6) is -0.718. The molecule has 3 aromatic rings. The molecule has 0 radical (unpaired) electrons. The van der Waals surface area contributed by atoms with E-state index >= 15 is 0 Å². The Labute approximate surface area is 173 Å². The Balaban J connectivity index is 1.53. The van der Waals surface area contributed by atoms with Gasteiger partial charge in [0.15, 0.2) is 0 Å². The van der Waals surface area contributed by atoms with Gasteiger partial charge in [-0.05, 0) is 48.2 Å².